The minimum absolute atomic E-state index is 0.0726. The number of primary amides is 1. The maximum Gasteiger partial charge on any atom is 0.461 e. The van der Waals surface area contributed by atoms with Crippen LogP contribution in [0.4, 0.5) is 0 Å². The summed E-state index contributed by atoms with van der Waals surface area (Å²) in [6.45, 7) is 14.1. The summed E-state index contributed by atoms with van der Waals surface area (Å²) >= 11 is 0. The molecule has 0 spiro atoms. The minimum atomic E-state index is -1.40. The van der Waals surface area contributed by atoms with E-state index in [1.807, 2.05) is 31.2 Å². The molecule has 0 aromatic heterocycles. The maximum atomic E-state index is 13.6. The van der Waals surface area contributed by atoms with Crippen molar-refractivity contribution in [1.29, 1.82) is 0 Å². The van der Waals surface area contributed by atoms with Crippen LogP contribution >= 0.6 is 0 Å². The normalized spacial score (nSPS) is 23.0. The van der Waals surface area contributed by atoms with E-state index in [1.165, 1.54) is 33.4 Å². The highest BCUT2D eigenvalue weighted by atomic mass is 16.7. The predicted octanol–water partition coefficient (Wildman–Crippen LogP) is 4.97. The van der Waals surface area contributed by atoms with E-state index in [1.54, 1.807) is 12.1 Å². The van der Waals surface area contributed by atoms with Gasteiger partial charge in [-0.25, -0.2) is 0 Å². The zero-order valence-electron chi connectivity index (χ0n) is 42.5. The Morgan fingerprint density at radius 2 is 1.44 bits per heavy atom. The second kappa shape index (κ2) is 23.9. The predicted molar refractivity (Wildman–Crippen MR) is 264 cm³/mol. The van der Waals surface area contributed by atoms with Crippen LogP contribution in [0.15, 0.2) is 48.5 Å². The molecule has 382 valence electrons. The number of amides is 4. The fourth-order valence-corrected chi connectivity index (χ4v) is 10.6. The van der Waals surface area contributed by atoms with E-state index >= 15 is 0 Å². The molecule has 1 heterocycles. The van der Waals surface area contributed by atoms with Crippen LogP contribution in [-0.2, 0) is 49.3 Å². The Hall–Kier alpha value is -5.10. The van der Waals surface area contributed by atoms with Crippen molar-refractivity contribution in [2.24, 2.45) is 34.8 Å². The quantitative estimate of drug-likeness (QED) is 0.0588. The van der Waals surface area contributed by atoms with E-state index in [0.29, 0.717) is 17.4 Å². The maximum absolute atomic E-state index is 13.6. The number of benzene rings is 2. The van der Waals surface area contributed by atoms with Crippen molar-refractivity contribution < 1.29 is 57.9 Å². The highest BCUT2D eigenvalue weighted by Gasteiger charge is 2.68. The SMILES string of the molecule is CCCCc1ccc(-c2ccc(C(=O)C[C@H](CO)C(=O)N[C@H](C)C(=O)CCC(=O)N(C)[C@H](C(=O)C[C@@H](C)C(=O)N[C@@H](CC(N)=O)C(=O)C[C@@H](C)B3OC4C[C@@H]5C[C@@H](C5(C)C)[C@]4(C)O3)[C@@H](C)O)cc2)cc1. The summed E-state index contributed by atoms with van der Waals surface area (Å²) in [5.41, 5.74) is 8.70. The fourth-order valence-electron chi connectivity index (χ4n) is 10.6. The summed E-state index contributed by atoms with van der Waals surface area (Å²) in [5.74, 6) is -6.62. The highest BCUT2D eigenvalue weighted by Crippen LogP contribution is 2.66. The lowest BCUT2D eigenvalue weighted by Gasteiger charge is -2.64. The molecule has 11 atom stereocenters. The van der Waals surface area contributed by atoms with E-state index in [9.17, 15) is 48.6 Å². The summed E-state index contributed by atoms with van der Waals surface area (Å²) in [6.07, 6.45) is 1.73. The third-order valence-electron chi connectivity index (χ3n) is 15.4. The number of unbranched alkanes of at least 4 members (excludes halogenated alkanes) is 1. The molecule has 1 unspecified atom stereocenters. The van der Waals surface area contributed by atoms with Crippen LogP contribution in [0.25, 0.3) is 11.1 Å². The van der Waals surface area contributed by atoms with Gasteiger partial charge in [0.2, 0.25) is 23.6 Å². The Labute approximate surface area is 413 Å². The Morgan fingerprint density at radius 1 is 0.814 bits per heavy atom. The lowest BCUT2D eigenvalue weighted by Crippen LogP contribution is -2.65. The molecule has 2 bridgehead atoms. The molecule has 4 amide bonds. The Balaban J connectivity index is 1.07. The van der Waals surface area contributed by atoms with Crippen LogP contribution in [-0.4, -0.2) is 119 Å². The van der Waals surface area contributed by atoms with Crippen LogP contribution in [0.5, 0.6) is 0 Å². The van der Waals surface area contributed by atoms with Crippen LogP contribution in [0.2, 0.25) is 5.82 Å². The number of nitrogens with zero attached hydrogens (tertiary/aromatic N) is 1. The van der Waals surface area contributed by atoms with Gasteiger partial charge in [-0.2, -0.15) is 0 Å². The summed E-state index contributed by atoms with van der Waals surface area (Å²) in [7, 11) is 0.641. The molecule has 0 radical (unpaired) electrons. The van der Waals surface area contributed by atoms with Gasteiger partial charge in [0.15, 0.2) is 23.1 Å². The number of carbonyl (C=O) groups is 8. The zero-order chi connectivity index (χ0) is 51.8. The van der Waals surface area contributed by atoms with Crippen molar-refractivity contribution in [1.82, 2.24) is 15.5 Å². The van der Waals surface area contributed by atoms with Crippen LogP contribution < -0.4 is 16.4 Å². The Morgan fingerprint density at radius 3 is 2.01 bits per heavy atom. The number of ketones is 4. The molecule has 6 N–H and O–H groups in total. The molecule has 2 aromatic rings. The Bertz CT molecular complexity index is 2230. The van der Waals surface area contributed by atoms with Gasteiger partial charge >= 0.3 is 7.12 Å². The van der Waals surface area contributed by atoms with Crippen molar-refractivity contribution in [2.75, 3.05) is 13.7 Å². The van der Waals surface area contributed by atoms with Crippen LogP contribution in [0, 0.1) is 29.1 Å². The lowest BCUT2D eigenvalue weighted by molar-refractivity contribution is -0.199. The Kier molecular flexibility index (Phi) is 19.0. The number of nitrogens with one attached hydrogen (secondary N) is 2. The van der Waals surface area contributed by atoms with Crippen LogP contribution in [0.1, 0.15) is 136 Å². The number of nitrogens with two attached hydrogens (primary N) is 1. The van der Waals surface area contributed by atoms with Crippen molar-refractivity contribution in [2.45, 2.75) is 168 Å². The highest BCUT2D eigenvalue weighted by molar-refractivity contribution is 6.47. The number of rotatable bonds is 27. The molecule has 1 aliphatic heterocycles. The van der Waals surface area contributed by atoms with E-state index in [-0.39, 0.29) is 43.0 Å². The molecule has 17 heteroatoms. The summed E-state index contributed by atoms with van der Waals surface area (Å²) in [6, 6.07) is 11.5. The summed E-state index contributed by atoms with van der Waals surface area (Å²) < 4.78 is 12.9. The van der Waals surface area contributed by atoms with Crippen molar-refractivity contribution in [3.63, 3.8) is 0 Å². The largest absolute Gasteiger partial charge is 0.461 e. The first-order valence-corrected chi connectivity index (χ1v) is 25.0. The second-order valence-corrected chi connectivity index (χ2v) is 21.1. The van der Waals surface area contributed by atoms with Gasteiger partial charge in [0.05, 0.1) is 48.8 Å². The molecule has 2 aromatic carbocycles. The average molecular weight is 971 g/mol. The first kappa shape index (κ1) is 55.8. The van der Waals surface area contributed by atoms with Crippen molar-refractivity contribution in [3.8, 4) is 11.1 Å². The van der Waals surface area contributed by atoms with Crippen LogP contribution in [0.3, 0.4) is 0 Å². The summed E-state index contributed by atoms with van der Waals surface area (Å²) in [5, 5.41) is 25.8. The average Bonchev–Trinajstić information content (AvgIpc) is 3.68. The molecular formula is C53H75BN4O12. The van der Waals surface area contributed by atoms with Gasteiger partial charge in [-0.1, -0.05) is 89.6 Å². The molecule has 4 aliphatic rings. The van der Waals surface area contributed by atoms with E-state index in [4.69, 9.17) is 15.0 Å². The molecular weight excluding hydrogens is 895 g/mol. The second-order valence-electron chi connectivity index (χ2n) is 21.1. The van der Waals surface area contributed by atoms with Crippen molar-refractivity contribution in [3.05, 3.63) is 59.7 Å². The number of hydrogen-bond acceptors (Lipinski definition) is 12. The standard InChI is InChI=1S/C53H75BN4O12/c1-10-11-12-34-13-15-35(16-14-34)36-17-19-37(20-18-36)42(62)25-38(29-59)51(68)56-32(4)41(61)21-22-48(66)58(9)49(33(5)60)44(64)23-30(2)50(67)57-40(28-47(55)65)43(63)24-31(3)54-69-46-27-39-26-45(52(39,6)7)53(46,8)70-54/h13-20,30-33,38-40,45-46,49,59-60H,10-12,21-29H2,1-9H3,(H2,55,65)(H,56,68)(H,57,67)/t30-,31-,32-,33-,38-,39+,40+,45+,46?,49+,53+/m1/s1. The molecule has 4 fully saturated rings. The topological polar surface area (TPSA) is 249 Å². The molecule has 70 heavy (non-hydrogen) atoms. The summed E-state index contributed by atoms with van der Waals surface area (Å²) in [4.78, 5) is 106. The van der Waals surface area contributed by atoms with Gasteiger partial charge in [0, 0.05) is 50.6 Å². The molecule has 16 nitrogen and oxygen atoms in total. The van der Waals surface area contributed by atoms with Gasteiger partial charge in [-0.05, 0) is 86.2 Å². The smallest absolute Gasteiger partial charge is 0.405 e. The van der Waals surface area contributed by atoms with Gasteiger partial charge in [-0.3, -0.25) is 38.4 Å². The third-order valence-corrected chi connectivity index (χ3v) is 15.4. The number of hydrogen-bond donors (Lipinski definition) is 5. The number of Topliss-reactive ketones (excluding diaryl/α,β-unsaturated/α-hetero) is 4. The number of aliphatic hydroxyl groups excluding tert-OH is 2. The lowest BCUT2D eigenvalue weighted by atomic mass is 9.43. The molecule has 3 saturated carbocycles. The molecule has 6 rings (SSSR count). The number of carbonyl (C=O) groups excluding carboxylic acids is 8. The number of likely N-dealkylation sites (N-methyl/N-ethyl adjacent to an activating group) is 1. The van der Waals surface area contributed by atoms with Gasteiger partial charge in [0.1, 0.15) is 6.04 Å². The molecule has 1 saturated heterocycles. The van der Waals surface area contributed by atoms with Gasteiger partial charge < -0.3 is 40.8 Å². The first-order chi connectivity index (χ1) is 32.9. The number of aryl methyl sites for hydroxylation is 1. The van der Waals surface area contributed by atoms with Crippen molar-refractivity contribution >= 4 is 53.9 Å². The van der Waals surface area contributed by atoms with Gasteiger partial charge in [-0.15, -0.1) is 0 Å². The number of aliphatic hydroxyl groups is 2. The zero-order valence-corrected chi connectivity index (χ0v) is 42.5. The minimum Gasteiger partial charge on any atom is -0.405 e. The fraction of sp³-hybridized carbons (Fsp3) is 0.623. The molecule has 3 aliphatic carbocycles. The first-order valence-electron chi connectivity index (χ1n) is 25.0. The monoisotopic (exact) mass is 971 g/mol. The third kappa shape index (κ3) is 13.2. The van der Waals surface area contributed by atoms with E-state index in [2.05, 4.69) is 50.5 Å². The van der Waals surface area contributed by atoms with E-state index in [0.717, 1.165) is 48.1 Å². The van der Waals surface area contributed by atoms with E-state index < -0.39 is 115 Å². The van der Waals surface area contributed by atoms with Gasteiger partial charge in [0.25, 0.3) is 0 Å².